The smallest absolute Gasteiger partial charge is 0.305 e. The molecule has 2 amide bonds. The van der Waals surface area contributed by atoms with Crippen molar-refractivity contribution in [3.05, 3.63) is 181 Å². The first-order valence-corrected chi connectivity index (χ1v) is 27.9. The zero-order valence-electron chi connectivity index (χ0n) is 47.6. The lowest BCUT2D eigenvalue weighted by Gasteiger charge is -2.28. The maximum Gasteiger partial charge on any atom is 0.305 e. The predicted octanol–water partition coefficient (Wildman–Crippen LogP) is 9.05. The number of nitrogens with zero attached hydrogens (tertiary/aromatic N) is 5. The minimum absolute atomic E-state index is 0.0374. The van der Waals surface area contributed by atoms with Gasteiger partial charge in [0.1, 0.15) is 12.1 Å². The number of carboxylic acid groups (broad SMARTS) is 2. The minimum Gasteiger partial charge on any atom is -0.481 e. The van der Waals surface area contributed by atoms with Crippen molar-refractivity contribution in [3.63, 3.8) is 0 Å². The summed E-state index contributed by atoms with van der Waals surface area (Å²) in [6, 6.07) is 24.9. The average Bonchev–Trinajstić information content (AvgIpc) is 3.41. The lowest BCUT2D eigenvalue weighted by atomic mass is 9.92. The number of hydrogen-bond acceptors (Lipinski definition) is 10. The molecule has 16 heteroatoms. The van der Waals surface area contributed by atoms with Crippen LogP contribution in [-0.4, -0.2) is 104 Å². The molecule has 0 bridgehead atoms. The largest absolute Gasteiger partial charge is 0.481 e. The highest BCUT2D eigenvalue weighted by Crippen LogP contribution is 2.33. The summed E-state index contributed by atoms with van der Waals surface area (Å²) in [5, 5.41) is 26.2. The van der Waals surface area contributed by atoms with Crippen LogP contribution in [0.1, 0.15) is 122 Å². The van der Waals surface area contributed by atoms with E-state index < -0.39 is 54.3 Å². The molecule has 16 nitrogen and oxygen atoms in total. The lowest BCUT2D eigenvalue weighted by Crippen LogP contribution is -2.41. The van der Waals surface area contributed by atoms with Crippen molar-refractivity contribution in [2.45, 2.75) is 118 Å². The third-order valence-electron chi connectivity index (χ3n) is 15.0. The zero-order valence-corrected chi connectivity index (χ0v) is 47.6. The highest BCUT2D eigenvalue weighted by molar-refractivity contribution is 5.83. The fourth-order valence-corrected chi connectivity index (χ4v) is 10.9. The van der Waals surface area contributed by atoms with E-state index in [-0.39, 0.29) is 29.4 Å². The molecule has 4 N–H and O–H groups in total. The molecule has 1 aliphatic rings. The van der Waals surface area contributed by atoms with Crippen molar-refractivity contribution in [2.75, 3.05) is 46.4 Å². The van der Waals surface area contributed by atoms with Gasteiger partial charge in [-0.1, -0.05) is 94.4 Å². The summed E-state index contributed by atoms with van der Waals surface area (Å²) in [4.78, 5) is 90.2. The van der Waals surface area contributed by atoms with Gasteiger partial charge >= 0.3 is 11.9 Å². The van der Waals surface area contributed by atoms with E-state index in [2.05, 4.69) is 31.5 Å². The Kier molecular flexibility index (Phi) is 21.1. The number of pyridine rings is 3. The fourth-order valence-electron chi connectivity index (χ4n) is 10.9. The molecule has 1 fully saturated rings. The topological polar surface area (TPSA) is 205 Å². The molecule has 0 aliphatic carbocycles. The number of carbonyl (C=O) groups is 4. The van der Waals surface area contributed by atoms with Crippen molar-refractivity contribution in [2.24, 2.45) is 11.8 Å². The molecule has 80 heavy (non-hydrogen) atoms. The standard InChI is InChI=1S/C64H79N7O9/c1-41(2)31-55(62(77)66-53(35-58(73)74)49-17-11-18-50(33-49)60-43(5)13-9-14-44(60)6)70-24-12-19-48(64(70)79)23-26-68(8)25-22-47-16-10-15-45(7)61(47)52-34-51(37-65-38-52)54(36-59(75)76)67-63(78)56(32-42(3)4)71-40-46(20-21-57(71)72)39-69-27-29-80-30-28-69/h9-21,24,33-34,37-38,40-42,53-56H,22-23,25-32,35-36,39H2,1-8H3,(H,66,77)(H,67,78)(H,73,74)(H,75,76)/t53-,54-,55+,56+/m0/s1. The molecule has 7 rings (SSSR count). The second-order valence-corrected chi connectivity index (χ2v) is 22.3. The SMILES string of the molecule is Cc1cccc(C)c1-c1cccc([C@H](CC(=O)O)NC(=O)[C@@H](CC(C)C)n2cccc(CCN(C)CCc3cccc(C)c3-c3cncc([C@H](CC(=O)O)NC(=O)[C@@H](CC(C)C)n4cc(CN5CCOCC5)ccc4=O)c3)c2=O)c1. The second kappa shape index (κ2) is 28.1. The van der Waals surface area contributed by atoms with E-state index in [0.29, 0.717) is 75.2 Å². The van der Waals surface area contributed by atoms with Crippen molar-refractivity contribution >= 4 is 23.8 Å². The van der Waals surface area contributed by atoms with Crippen molar-refractivity contribution in [1.29, 1.82) is 0 Å². The van der Waals surface area contributed by atoms with Crippen LogP contribution in [0.3, 0.4) is 0 Å². The molecule has 424 valence electrons. The van der Waals surface area contributed by atoms with Gasteiger partial charge in [-0.2, -0.15) is 0 Å². The van der Waals surface area contributed by atoms with Crippen LogP contribution in [-0.2, 0) is 43.3 Å². The number of benzene rings is 3. The van der Waals surface area contributed by atoms with Crippen LogP contribution in [0.25, 0.3) is 22.3 Å². The zero-order chi connectivity index (χ0) is 57.6. The Morgan fingerprint density at radius 3 is 1.82 bits per heavy atom. The fraction of sp³-hybridized carbons (Fsp3) is 0.422. The summed E-state index contributed by atoms with van der Waals surface area (Å²) in [5.74, 6) is -2.97. The number of rotatable bonds is 26. The normalized spacial score (nSPS) is 14.4. The summed E-state index contributed by atoms with van der Waals surface area (Å²) in [6.45, 7) is 18.6. The molecule has 0 spiro atoms. The predicted molar refractivity (Wildman–Crippen MR) is 311 cm³/mol. The summed E-state index contributed by atoms with van der Waals surface area (Å²) in [5.41, 5.74) is 9.89. The van der Waals surface area contributed by atoms with E-state index in [1.807, 2.05) is 116 Å². The van der Waals surface area contributed by atoms with Crippen LogP contribution >= 0.6 is 0 Å². The number of morpholine rings is 1. The van der Waals surface area contributed by atoms with Gasteiger partial charge in [0.05, 0.1) is 38.1 Å². The number of likely N-dealkylation sites (N-methyl/N-ethyl adjacent to an activating group) is 1. The number of carbonyl (C=O) groups excluding carboxylic acids is 2. The van der Waals surface area contributed by atoms with Crippen LogP contribution in [0.4, 0.5) is 0 Å². The molecule has 6 aromatic rings. The maximum atomic E-state index is 14.4. The Bertz CT molecular complexity index is 3230. The van der Waals surface area contributed by atoms with Crippen molar-refractivity contribution in [1.82, 2.24) is 34.6 Å². The Morgan fingerprint density at radius 2 is 1.20 bits per heavy atom. The molecule has 1 saturated heterocycles. The summed E-state index contributed by atoms with van der Waals surface area (Å²) in [7, 11) is 1.99. The Balaban J connectivity index is 1.05. The maximum absolute atomic E-state index is 14.4. The van der Waals surface area contributed by atoms with Gasteiger partial charge in [-0.25, -0.2) is 0 Å². The Hall–Kier alpha value is -7.53. The van der Waals surface area contributed by atoms with E-state index in [1.165, 1.54) is 15.2 Å². The average molecular weight is 1090 g/mol. The number of amides is 2. The summed E-state index contributed by atoms with van der Waals surface area (Å²) in [6.07, 6.45) is 7.71. The molecular formula is C64H79N7O9. The number of hydrogen-bond donors (Lipinski definition) is 4. The first kappa shape index (κ1) is 60.1. The first-order valence-electron chi connectivity index (χ1n) is 27.9. The lowest BCUT2D eigenvalue weighted by molar-refractivity contribution is -0.139. The second-order valence-electron chi connectivity index (χ2n) is 22.3. The number of ether oxygens (including phenoxy) is 1. The number of aliphatic carboxylic acids is 2. The molecule has 0 saturated carbocycles. The van der Waals surface area contributed by atoms with E-state index in [1.54, 1.807) is 43.0 Å². The molecule has 4 heterocycles. The van der Waals surface area contributed by atoms with Crippen molar-refractivity contribution < 1.29 is 34.1 Å². The van der Waals surface area contributed by atoms with Gasteiger partial charge < -0.3 is 39.6 Å². The van der Waals surface area contributed by atoms with Gasteiger partial charge in [-0.05, 0) is 139 Å². The molecule has 1 aliphatic heterocycles. The van der Waals surface area contributed by atoms with Gasteiger partial charge in [0.25, 0.3) is 11.1 Å². The third-order valence-corrected chi connectivity index (χ3v) is 15.0. The van der Waals surface area contributed by atoms with Crippen LogP contribution in [0.15, 0.2) is 125 Å². The third kappa shape index (κ3) is 16.1. The quantitative estimate of drug-likeness (QED) is 0.0402. The van der Waals surface area contributed by atoms with Crippen LogP contribution in [0, 0.1) is 32.6 Å². The van der Waals surface area contributed by atoms with Gasteiger partial charge in [0.2, 0.25) is 11.8 Å². The highest BCUT2D eigenvalue weighted by atomic mass is 16.5. The molecular weight excluding hydrogens is 1010 g/mol. The molecule has 0 unspecified atom stereocenters. The van der Waals surface area contributed by atoms with Crippen molar-refractivity contribution in [3.8, 4) is 22.3 Å². The molecule has 3 aromatic heterocycles. The minimum atomic E-state index is -1.10. The number of aromatic nitrogens is 3. The van der Waals surface area contributed by atoms with Crippen LogP contribution < -0.4 is 21.8 Å². The molecule has 4 atom stereocenters. The van der Waals surface area contributed by atoms with Gasteiger partial charge in [-0.15, -0.1) is 0 Å². The van der Waals surface area contributed by atoms with Gasteiger partial charge in [0.15, 0.2) is 0 Å². The van der Waals surface area contributed by atoms with E-state index in [4.69, 9.17) is 4.74 Å². The Morgan fingerprint density at radius 1 is 0.650 bits per heavy atom. The van der Waals surface area contributed by atoms with E-state index >= 15 is 0 Å². The molecule has 3 aromatic carbocycles. The van der Waals surface area contributed by atoms with Crippen LogP contribution in [0.5, 0.6) is 0 Å². The first-order chi connectivity index (χ1) is 38.3. The highest BCUT2D eigenvalue weighted by Gasteiger charge is 2.30. The monoisotopic (exact) mass is 1090 g/mol. The number of carboxylic acids is 2. The van der Waals surface area contributed by atoms with Crippen LogP contribution in [0.2, 0.25) is 0 Å². The van der Waals surface area contributed by atoms with E-state index in [9.17, 15) is 39.0 Å². The molecule has 0 radical (unpaired) electrons. The summed E-state index contributed by atoms with van der Waals surface area (Å²) >= 11 is 0. The Labute approximate surface area is 469 Å². The number of nitrogens with one attached hydrogen (secondary N) is 2. The van der Waals surface area contributed by atoms with Gasteiger partial charge in [-0.3, -0.25) is 38.7 Å². The number of aryl methyl sites for hydroxylation is 3. The van der Waals surface area contributed by atoms with E-state index in [0.717, 1.165) is 63.2 Å². The summed E-state index contributed by atoms with van der Waals surface area (Å²) < 4.78 is 8.47. The van der Waals surface area contributed by atoms with Gasteiger partial charge in [0, 0.05) is 74.7 Å².